The Bertz CT molecular complexity index is 1210. The molecule has 7 heteroatoms. The van der Waals surface area contributed by atoms with Crippen LogP contribution in [0.5, 0.6) is 11.5 Å². The lowest BCUT2D eigenvalue weighted by molar-refractivity contribution is 0.413. The summed E-state index contributed by atoms with van der Waals surface area (Å²) in [7, 11) is 0.821. The molecule has 0 saturated carbocycles. The molecule has 0 aliphatic carbocycles. The Balaban J connectivity index is 2.03. The molecule has 0 fully saturated rings. The minimum absolute atomic E-state index is 0.174. The number of hydrogen-bond donors (Lipinski definition) is 0. The maximum absolute atomic E-state index is 13.1. The summed E-state index contributed by atoms with van der Waals surface area (Å²) in [6.07, 6.45) is 0. The van der Waals surface area contributed by atoms with Crippen molar-refractivity contribution >= 4 is 15.7 Å². The van der Waals surface area contributed by atoms with Crippen molar-refractivity contribution in [1.29, 1.82) is 5.26 Å². The molecule has 0 aromatic heterocycles. The number of anilines is 1. The first-order valence-corrected chi connectivity index (χ1v) is 10.6. The number of methoxy groups -OCH3 is 2. The van der Waals surface area contributed by atoms with Crippen LogP contribution in [0.1, 0.15) is 11.1 Å². The molecule has 0 atom stereocenters. The molecule has 154 valence electrons. The highest BCUT2D eigenvalue weighted by molar-refractivity contribution is 7.92. The molecule has 0 aliphatic rings. The van der Waals surface area contributed by atoms with Crippen molar-refractivity contribution in [3.63, 3.8) is 0 Å². The summed E-state index contributed by atoms with van der Waals surface area (Å²) in [6, 6.07) is 19.1. The van der Waals surface area contributed by atoms with Crippen LogP contribution in [-0.2, 0) is 10.0 Å². The summed E-state index contributed by atoms with van der Waals surface area (Å²) in [5, 5.41) is 9.20. The molecule has 6 nitrogen and oxygen atoms in total. The number of hydrogen-bond acceptors (Lipinski definition) is 5. The zero-order chi connectivity index (χ0) is 21.9. The Morgan fingerprint density at radius 2 is 1.63 bits per heavy atom. The summed E-state index contributed by atoms with van der Waals surface area (Å²) in [5.74, 6) is 1.06. The second-order valence-corrected chi connectivity index (χ2v) is 8.64. The van der Waals surface area contributed by atoms with Gasteiger partial charge in [-0.05, 0) is 72.1 Å². The van der Waals surface area contributed by atoms with Gasteiger partial charge in [0.2, 0.25) is 0 Å². The van der Waals surface area contributed by atoms with E-state index in [0.29, 0.717) is 22.7 Å². The molecule has 0 amide bonds. The fourth-order valence-corrected chi connectivity index (χ4v) is 4.30. The third-order valence-electron chi connectivity index (χ3n) is 4.94. The Morgan fingerprint density at radius 1 is 0.933 bits per heavy atom. The van der Waals surface area contributed by atoms with Crippen LogP contribution in [0.15, 0.2) is 65.6 Å². The van der Waals surface area contributed by atoms with Crippen molar-refractivity contribution in [2.45, 2.75) is 11.8 Å². The summed E-state index contributed by atoms with van der Waals surface area (Å²) >= 11 is 0. The third-order valence-corrected chi connectivity index (χ3v) is 6.74. The lowest BCUT2D eigenvalue weighted by Gasteiger charge is -2.21. The molecular formula is C23H22N2O4S. The molecule has 0 saturated heterocycles. The molecule has 3 aromatic carbocycles. The van der Waals surface area contributed by atoms with E-state index in [4.69, 9.17) is 9.47 Å². The van der Waals surface area contributed by atoms with Crippen molar-refractivity contribution in [3.8, 4) is 28.7 Å². The fraction of sp³-hybridized carbons (Fsp3) is 0.174. The number of ether oxygens (including phenoxy) is 2. The van der Waals surface area contributed by atoms with E-state index < -0.39 is 10.0 Å². The number of rotatable bonds is 6. The fourth-order valence-electron chi connectivity index (χ4n) is 3.11. The van der Waals surface area contributed by atoms with Gasteiger partial charge in [0.1, 0.15) is 17.6 Å². The highest BCUT2D eigenvalue weighted by Crippen LogP contribution is 2.33. The molecule has 0 bridgehead atoms. The maximum Gasteiger partial charge on any atom is 0.264 e. The topological polar surface area (TPSA) is 79.6 Å². The highest BCUT2D eigenvalue weighted by atomic mass is 32.2. The van der Waals surface area contributed by atoms with Gasteiger partial charge in [-0.1, -0.05) is 12.1 Å². The van der Waals surface area contributed by atoms with Crippen LogP contribution >= 0.6 is 0 Å². The largest absolute Gasteiger partial charge is 0.497 e. The minimum atomic E-state index is -3.74. The molecular weight excluding hydrogens is 400 g/mol. The predicted molar refractivity (Wildman–Crippen MR) is 116 cm³/mol. The average Bonchev–Trinajstić information content (AvgIpc) is 2.78. The van der Waals surface area contributed by atoms with Crippen molar-refractivity contribution < 1.29 is 17.9 Å². The van der Waals surface area contributed by atoms with Crippen molar-refractivity contribution in [2.75, 3.05) is 25.6 Å². The second-order valence-electron chi connectivity index (χ2n) is 6.67. The standard InChI is InChI=1S/C23H22N2O4S/c1-16-5-8-19(14-22(16)17-6-7-18(15-24)23(13-17)29-4)25(2)30(26,27)21-11-9-20(28-3)10-12-21/h5-14H,1-4H3. The predicted octanol–water partition coefficient (Wildman–Crippen LogP) is 4.38. The SMILES string of the molecule is COc1ccc(S(=O)(=O)N(C)c2ccc(C)c(-c3ccc(C#N)c(OC)c3)c2)cc1. The lowest BCUT2D eigenvalue weighted by atomic mass is 9.98. The van der Waals surface area contributed by atoms with Crippen LogP contribution in [0.4, 0.5) is 5.69 Å². The molecule has 3 aromatic rings. The number of nitriles is 1. The normalized spacial score (nSPS) is 10.9. The lowest BCUT2D eigenvalue weighted by Crippen LogP contribution is -2.26. The van der Waals surface area contributed by atoms with Crippen molar-refractivity contribution in [2.24, 2.45) is 0 Å². The van der Waals surface area contributed by atoms with Gasteiger partial charge in [-0.3, -0.25) is 4.31 Å². The van der Waals surface area contributed by atoms with E-state index >= 15 is 0 Å². The second kappa shape index (κ2) is 8.47. The summed E-state index contributed by atoms with van der Waals surface area (Å²) in [5.41, 5.74) is 3.62. The molecule has 0 spiro atoms. The van der Waals surface area contributed by atoms with Gasteiger partial charge in [0.05, 0.1) is 30.4 Å². The van der Waals surface area contributed by atoms with Gasteiger partial charge in [-0.25, -0.2) is 8.42 Å². The molecule has 0 aliphatic heterocycles. The molecule has 30 heavy (non-hydrogen) atoms. The Labute approximate surface area is 177 Å². The molecule has 0 unspecified atom stereocenters. The van der Waals surface area contributed by atoms with E-state index in [1.54, 1.807) is 30.3 Å². The molecule has 0 heterocycles. The zero-order valence-corrected chi connectivity index (χ0v) is 18.0. The number of nitrogens with zero attached hydrogens (tertiary/aromatic N) is 2. The van der Waals surface area contributed by atoms with Crippen LogP contribution in [0.25, 0.3) is 11.1 Å². The van der Waals surface area contributed by atoms with E-state index in [9.17, 15) is 13.7 Å². The summed E-state index contributed by atoms with van der Waals surface area (Å²) in [4.78, 5) is 0.174. The van der Waals surface area contributed by atoms with Gasteiger partial charge < -0.3 is 9.47 Å². The average molecular weight is 423 g/mol. The van der Waals surface area contributed by atoms with Gasteiger partial charge in [0, 0.05) is 7.05 Å². The molecule has 0 radical (unpaired) electrons. The van der Waals surface area contributed by atoms with Crippen molar-refractivity contribution in [3.05, 3.63) is 71.8 Å². The smallest absolute Gasteiger partial charge is 0.264 e. The quantitative estimate of drug-likeness (QED) is 0.589. The van der Waals surface area contributed by atoms with Crippen LogP contribution in [0.3, 0.4) is 0 Å². The summed E-state index contributed by atoms with van der Waals surface area (Å²) in [6.45, 7) is 1.95. The van der Waals surface area contributed by atoms with Crippen LogP contribution in [-0.4, -0.2) is 29.7 Å². The number of aryl methyl sites for hydroxylation is 1. The monoisotopic (exact) mass is 422 g/mol. The van der Waals surface area contributed by atoms with Gasteiger partial charge in [-0.2, -0.15) is 5.26 Å². The van der Waals surface area contributed by atoms with E-state index in [-0.39, 0.29) is 4.90 Å². The highest BCUT2D eigenvalue weighted by Gasteiger charge is 2.22. The Hall–Kier alpha value is -3.50. The number of benzene rings is 3. The van der Waals surface area contributed by atoms with Gasteiger partial charge in [-0.15, -0.1) is 0 Å². The molecule has 0 N–H and O–H groups in total. The van der Waals surface area contributed by atoms with E-state index in [0.717, 1.165) is 16.7 Å². The molecule has 3 rings (SSSR count). The Kier molecular flexibility index (Phi) is 5.99. The third kappa shape index (κ3) is 3.95. The Morgan fingerprint density at radius 3 is 2.23 bits per heavy atom. The van der Waals surface area contributed by atoms with E-state index in [2.05, 4.69) is 6.07 Å². The first-order valence-electron chi connectivity index (χ1n) is 9.14. The van der Waals surface area contributed by atoms with E-state index in [1.807, 2.05) is 25.1 Å². The summed E-state index contributed by atoms with van der Waals surface area (Å²) < 4.78 is 37.8. The van der Waals surface area contributed by atoms with Crippen LogP contribution < -0.4 is 13.8 Å². The van der Waals surface area contributed by atoms with Gasteiger partial charge in [0.15, 0.2) is 0 Å². The minimum Gasteiger partial charge on any atom is -0.497 e. The van der Waals surface area contributed by atoms with Gasteiger partial charge in [0.25, 0.3) is 10.0 Å². The van der Waals surface area contributed by atoms with Crippen LogP contribution in [0.2, 0.25) is 0 Å². The van der Waals surface area contributed by atoms with Crippen LogP contribution in [0, 0.1) is 18.3 Å². The van der Waals surface area contributed by atoms with Crippen molar-refractivity contribution in [1.82, 2.24) is 0 Å². The van der Waals surface area contributed by atoms with E-state index in [1.165, 1.54) is 37.7 Å². The van der Waals surface area contributed by atoms with Gasteiger partial charge >= 0.3 is 0 Å². The zero-order valence-electron chi connectivity index (χ0n) is 17.2. The maximum atomic E-state index is 13.1. The number of sulfonamides is 1. The first-order chi connectivity index (χ1) is 14.3. The first kappa shape index (κ1) is 21.2.